The largest absolute Gasteiger partial charge is 0.490 e. The summed E-state index contributed by atoms with van der Waals surface area (Å²) in [6.07, 6.45) is 5.53. The van der Waals surface area contributed by atoms with Crippen molar-refractivity contribution < 1.29 is 22.6 Å². The van der Waals surface area contributed by atoms with Gasteiger partial charge in [-0.3, -0.25) is 0 Å². The molecule has 0 spiro atoms. The summed E-state index contributed by atoms with van der Waals surface area (Å²) >= 11 is 0. The first-order valence-electron chi connectivity index (χ1n) is 13.3. The summed E-state index contributed by atoms with van der Waals surface area (Å²) in [5.74, 6) is 1.90. The second-order valence-electron chi connectivity index (χ2n) is 10.4. The number of anilines is 2. The molecule has 2 N–H and O–H groups in total. The molecule has 0 saturated carbocycles. The van der Waals surface area contributed by atoms with Crippen molar-refractivity contribution in [2.24, 2.45) is 11.7 Å². The number of piperidine rings is 1. The van der Waals surface area contributed by atoms with Crippen LogP contribution in [0.4, 0.5) is 20.7 Å². The van der Waals surface area contributed by atoms with Gasteiger partial charge in [0.1, 0.15) is 17.4 Å². The zero-order valence-corrected chi connectivity index (χ0v) is 22.0. The van der Waals surface area contributed by atoms with Crippen molar-refractivity contribution in [2.45, 2.75) is 38.1 Å². The van der Waals surface area contributed by atoms with Gasteiger partial charge in [-0.1, -0.05) is 5.16 Å². The minimum atomic E-state index is -0.483. The minimum Gasteiger partial charge on any atom is -0.490 e. The van der Waals surface area contributed by atoms with Crippen molar-refractivity contribution in [3.8, 4) is 5.75 Å². The van der Waals surface area contributed by atoms with Gasteiger partial charge in [-0.05, 0) is 54.6 Å². The molecule has 40 heavy (non-hydrogen) atoms. The normalized spacial score (nSPS) is 19.9. The van der Waals surface area contributed by atoms with E-state index in [2.05, 4.69) is 30.2 Å². The predicted octanol–water partition coefficient (Wildman–Crippen LogP) is 3.25. The van der Waals surface area contributed by atoms with Crippen LogP contribution in [-0.2, 0) is 6.42 Å². The van der Waals surface area contributed by atoms with Crippen LogP contribution in [0.3, 0.4) is 0 Å². The summed E-state index contributed by atoms with van der Waals surface area (Å²) in [6, 6.07) is 4.94. The Kier molecular flexibility index (Phi) is 7.29. The molecule has 3 aromatic heterocycles. The molecule has 2 atom stereocenters. The Balaban J connectivity index is 0.972. The first kappa shape index (κ1) is 26.1. The van der Waals surface area contributed by atoms with Gasteiger partial charge in [0.05, 0.1) is 31.1 Å². The molecule has 210 valence electrons. The third-order valence-electron chi connectivity index (χ3n) is 7.46. The zero-order chi connectivity index (χ0) is 27.6. The van der Waals surface area contributed by atoms with E-state index < -0.39 is 11.6 Å². The number of aryl methyl sites for hydroxylation is 1. The van der Waals surface area contributed by atoms with E-state index in [0.29, 0.717) is 61.3 Å². The number of benzene rings is 1. The topological polar surface area (TPSA) is 132 Å². The fourth-order valence-electron chi connectivity index (χ4n) is 5.28. The van der Waals surface area contributed by atoms with E-state index in [9.17, 15) is 8.78 Å². The van der Waals surface area contributed by atoms with E-state index >= 15 is 0 Å². The average Bonchev–Trinajstić information content (AvgIpc) is 3.70. The quantitative estimate of drug-likeness (QED) is 0.345. The summed E-state index contributed by atoms with van der Waals surface area (Å²) in [4.78, 5) is 17.4. The van der Waals surface area contributed by atoms with Crippen molar-refractivity contribution in [2.75, 3.05) is 42.6 Å². The molecule has 0 bridgehead atoms. The van der Waals surface area contributed by atoms with E-state index in [1.165, 1.54) is 6.07 Å². The highest BCUT2D eigenvalue weighted by Gasteiger charge is 2.34. The summed E-state index contributed by atoms with van der Waals surface area (Å²) < 4.78 is 44.6. The van der Waals surface area contributed by atoms with Crippen molar-refractivity contribution >= 4 is 11.9 Å². The SMILES string of the molecule is Cc1cc(Cc2nc(N3CCC(COc4cnc(N5C[C@H](c6cc(F)ccc6F)[C@@H](N)C5)nc4)CC3)no2)on1. The lowest BCUT2D eigenvalue weighted by Crippen LogP contribution is -2.36. The molecule has 4 aromatic rings. The Morgan fingerprint density at radius 2 is 1.80 bits per heavy atom. The highest BCUT2D eigenvalue weighted by molar-refractivity contribution is 5.39. The molecule has 2 aliphatic heterocycles. The van der Waals surface area contributed by atoms with Crippen LogP contribution in [0.15, 0.2) is 45.7 Å². The van der Waals surface area contributed by atoms with E-state index in [-0.39, 0.29) is 17.5 Å². The fourth-order valence-corrected chi connectivity index (χ4v) is 5.28. The van der Waals surface area contributed by atoms with Gasteiger partial charge in [-0.25, -0.2) is 18.7 Å². The van der Waals surface area contributed by atoms with Gasteiger partial charge in [0.25, 0.3) is 5.95 Å². The zero-order valence-electron chi connectivity index (χ0n) is 22.0. The number of rotatable bonds is 8. The van der Waals surface area contributed by atoms with Gasteiger partial charge in [0, 0.05) is 44.2 Å². The van der Waals surface area contributed by atoms with Crippen LogP contribution < -0.4 is 20.3 Å². The van der Waals surface area contributed by atoms with E-state index in [1.807, 2.05) is 17.9 Å². The molecule has 2 aliphatic rings. The Hall–Kier alpha value is -4.13. The smallest absolute Gasteiger partial charge is 0.266 e. The monoisotopic (exact) mass is 552 g/mol. The number of aromatic nitrogens is 5. The number of hydrogen-bond acceptors (Lipinski definition) is 11. The second-order valence-corrected chi connectivity index (χ2v) is 10.4. The van der Waals surface area contributed by atoms with Crippen molar-refractivity contribution in [1.82, 2.24) is 25.3 Å². The number of halogens is 2. The summed E-state index contributed by atoms with van der Waals surface area (Å²) in [7, 11) is 0. The van der Waals surface area contributed by atoms with Crippen LogP contribution in [0.5, 0.6) is 5.75 Å². The van der Waals surface area contributed by atoms with Gasteiger partial charge in [-0.2, -0.15) is 4.98 Å². The van der Waals surface area contributed by atoms with Gasteiger partial charge < -0.3 is 29.3 Å². The molecule has 13 heteroatoms. The van der Waals surface area contributed by atoms with Crippen LogP contribution >= 0.6 is 0 Å². The lowest BCUT2D eigenvalue weighted by Gasteiger charge is -2.30. The summed E-state index contributed by atoms with van der Waals surface area (Å²) in [5, 5.41) is 8.00. The maximum atomic E-state index is 14.3. The lowest BCUT2D eigenvalue weighted by atomic mass is 9.94. The Morgan fingerprint density at radius 1 is 1.00 bits per heavy atom. The maximum absolute atomic E-state index is 14.3. The first-order valence-corrected chi connectivity index (χ1v) is 13.3. The highest BCUT2D eigenvalue weighted by Crippen LogP contribution is 2.31. The third kappa shape index (κ3) is 5.74. The maximum Gasteiger partial charge on any atom is 0.266 e. The predicted molar refractivity (Wildman–Crippen MR) is 140 cm³/mol. The second kappa shape index (κ2) is 11.2. The fraction of sp³-hybridized carbons (Fsp3) is 0.444. The van der Waals surface area contributed by atoms with Gasteiger partial charge in [0.2, 0.25) is 11.8 Å². The molecular formula is C27H30F2N8O3. The molecule has 6 rings (SSSR count). The Labute approximate surface area is 229 Å². The number of hydrogen-bond donors (Lipinski definition) is 1. The third-order valence-corrected chi connectivity index (χ3v) is 7.46. The molecule has 0 unspecified atom stereocenters. The van der Waals surface area contributed by atoms with Gasteiger partial charge in [0.15, 0.2) is 5.75 Å². The van der Waals surface area contributed by atoms with Crippen LogP contribution in [0.1, 0.15) is 41.7 Å². The summed E-state index contributed by atoms with van der Waals surface area (Å²) in [6.45, 7) is 4.86. The van der Waals surface area contributed by atoms with Gasteiger partial charge >= 0.3 is 0 Å². The molecule has 5 heterocycles. The molecule has 0 aliphatic carbocycles. The Bertz CT molecular complexity index is 1440. The van der Waals surface area contributed by atoms with Crippen molar-refractivity contribution in [1.29, 1.82) is 0 Å². The van der Waals surface area contributed by atoms with Gasteiger partial charge in [-0.15, -0.1) is 0 Å². The standard InChI is InChI=1S/C27H30F2N8O3/c1-16-8-19(39-34-16)10-25-33-27(35-40-25)36-6-4-17(5-7-36)15-38-20-11-31-26(32-12-20)37-13-22(24(30)14-37)21-9-18(28)2-3-23(21)29/h2-3,8-9,11-12,17,22,24H,4-7,10,13-15,30H2,1H3/t22-,24+/m1/s1. The first-order chi connectivity index (χ1) is 19.4. The van der Waals surface area contributed by atoms with Crippen LogP contribution in [0.25, 0.3) is 0 Å². The van der Waals surface area contributed by atoms with E-state index in [4.69, 9.17) is 19.5 Å². The highest BCUT2D eigenvalue weighted by atomic mass is 19.1. The minimum absolute atomic E-state index is 0.280. The van der Waals surface area contributed by atoms with E-state index in [0.717, 1.165) is 43.8 Å². The van der Waals surface area contributed by atoms with E-state index in [1.54, 1.807) is 12.4 Å². The molecule has 1 aromatic carbocycles. The molecule has 11 nitrogen and oxygen atoms in total. The van der Waals surface area contributed by atoms with Crippen LogP contribution in [-0.4, -0.2) is 64.1 Å². The van der Waals surface area contributed by atoms with Crippen molar-refractivity contribution in [3.05, 3.63) is 71.2 Å². The number of ether oxygens (including phenoxy) is 1. The average molecular weight is 553 g/mol. The molecule has 0 radical (unpaired) electrons. The van der Waals surface area contributed by atoms with Crippen LogP contribution in [0.2, 0.25) is 0 Å². The Morgan fingerprint density at radius 3 is 2.55 bits per heavy atom. The lowest BCUT2D eigenvalue weighted by molar-refractivity contribution is 0.221. The molecule has 0 amide bonds. The van der Waals surface area contributed by atoms with Crippen molar-refractivity contribution in [3.63, 3.8) is 0 Å². The number of nitrogens with zero attached hydrogens (tertiary/aromatic N) is 7. The number of nitrogens with two attached hydrogens (primary N) is 1. The summed E-state index contributed by atoms with van der Waals surface area (Å²) in [5.41, 5.74) is 7.36. The molecule has 2 saturated heterocycles. The molecule has 2 fully saturated rings. The van der Waals surface area contributed by atoms with Crippen LogP contribution in [0, 0.1) is 24.5 Å². The molecular weight excluding hydrogens is 522 g/mol.